The summed E-state index contributed by atoms with van der Waals surface area (Å²) < 4.78 is 0. The summed E-state index contributed by atoms with van der Waals surface area (Å²) in [4.78, 5) is 0. The smallest absolute Gasteiger partial charge is 0.0770 e. The highest BCUT2D eigenvalue weighted by Crippen LogP contribution is 2.10. The normalized spacial score (nSPS) is 12.3. The molecule has 3 heteroatoms. The van der Waals surface area contributed by atoms with Gasteiger partial charge in [-0.2, -0.15) is 5.26 Å². The lowest BCUT2D eigenvalue weighted by molar-refractivity contribution is 0.0860. The van der Waals surface area contributed by atoms with Crippen molar-refractivity contribution in [1.82, 2.24) is 0 Å². The van der Waals surface area contributed by atoms with Gasteiger partial charge in [0.25, 0.3) is 0 Å². The predicted molar refractivity (Wildman–Crippen MR) is 60.3 cm³/mol. The second-order valence-electron chi connectivity index (χ2n) is 4.01. The zero-order valence-corrected chi connectivity index (χ0v) is 9.49. The molecule has 0 aliphatic rings. The van der Waals surface area contributed by atoms with Crippen LogP contribution in [0.5, 0.6) is 0 Å². The first-order valence-corrected chi connectivity index (χ1v) is 5.97. The Kier molecular flexibility index (Phi) is 11.0. The molecule has 88 valence electrons. The molecule has 0 rings (SSSR count). The summed E-state index contributed by atoms with van der Waals surface area (Å²) in [5.41, 5.74) is 0. The van der Waals surface area contributed by atoms with Gasteiger partial charge in [-0.3, -0.25) is 0 Å². The van der Waals surface area contributed by atoms with Gasteiger partial charge in [0.1, 0.15) is 0 Å². The van der Waals surface area contributed by atoms with Crippen molar-refractivity contribution in [2.75, 3.05) is 6.61 Å². The largest absolute Gasteiger partial charge is 0.394 e. The number of aliphatic hydroxyl groups is 2. The van der Waals surface area contributed by atoms with E-state index in [0.29, 0.717) is 12.8 Å². The summed E-state index contributed by atoms with van der Waals surface area (Å²) in [6.45, 7) is -0.117. The van der Waals surface area contributed by atoms with E-state index in [9.17, 15) is 0 Å². The van der Waals surface area contributed by atoms with Gasteiger partial charge in [0.15, 0.2) is 0 Å². The summed E-state index contributed by atoms with van der Waals surface area (Å²) in [6, 6.07) is 2.15. The zero-order valence-electron chi connectivity index (χ0n) is 9.49. The third-order valence-electron chi connectivity index (χ3n) is 2.54. The molecule has 0 bridgehead atoms. The average Bonchev–Trinajstić information content (AvgIpc) is 2.26. The quantitative estimate of drug-likeness (QED) is 0.548. The van der Waals surface area contributed by atoms with Gasteiger partial charge in [0.2, 0.25) is 0 Å². The lowest BCUT2D eigenvalue weighted by Crippen LogP contribution is -2.10. The molecule has 0 aromatic carbocycles. The summed E-state index contributed by atoms with van der Waals surface area (Å²) in [7, 11) is 0. The van der Waals surface area contributed by atoms with Crippen molar-refractivity contribution in [1.29, 1.82) is 5.26 Å². The zero-order chi connectivity index (χ0) is 11.4. The van der Waals surface area contributed by atoms with Gasteiger partial charge in [0, 0.05) is 6.42 Å². The molecule has 3 nitrogen and oxygen atoms in total. The summed E-state index contributed by atoms with van der Waals surface area (Å²) >= 11 is 0. The second-order valence-corrected chi connectivity index (χ2v) is 4.01. The van der Waals surface area contributed by atoms with E-state index in [1.54, 1.807) is 0 Å². The fourth-order valence-corrected chi connectivity index (χ4v) is 1.56. The summed E-state index contributed by atoms with van der Waals surface area (Å²) in [5, 5.41) is 26.0. The first kappa shape index (κ1) is 14.4. The fraction of sp³-hybridized carbons (Fsp3) is 0.917. The SMILES string of the molecule is N#CCCCCCCCCCC(O)CO. The number of rotatable bonds is 10. The van der Waals surface area contributed by atoms with E-state index >= 15 is 0 Å². The number of hydrogen-bond acceptors (Lipinski definition) is 3. The molecule has 0 saturated heterocycles. The van der Waals surface area contributed by atoms with Gasteiger partial charge in [-0.15, -0.1) is 0 Å². The van der Waals surface area contributed by atoms with E-state index in [-0.39, 0.29) is 6.61 Å². The first-order chi connectivity index (χ1) is 7.31. The van der Waals surface area contributed by atoms with E-state index in [2.05, 4.69) is 6.07 Å². The van der Waals surface area contributed by atoms with Gasteiger partial charge in [-0.25, -0.2) is 0 Å². The van der Waals surface area contributed by atoms with E-state index in [4.69, 9.17) is 15.5 Å². The summed E-state index contributed by atoms with van der Waals surface area (Å²) in [6.07, 6.45) is 8.82. The molecule has 0 spiro atoms. The van der Waals surface area contributed by atoms with Crippen molar-refractivity contribution < 1.29 is 10.2 Å². The van der Waals surface area contributed by atoms with E-state index in [1.807, 2.05) is 0 Å². The van der Waals surface area contributed by atoms with Crippen LogP contribution in [0.2, 0.25) is 0 Å². The number of hydrogen-bond donors (Lipinski definition) is 2. The molecule has 0 aromatic heterocycles. The standard InChI is InChI=1S/C12H23NO2/c13-10-8-6-4-2-1-3-5-7-9-12(15)11-14/h12,14-15H,1-9,11H2. The maximum Gasteiger partial charge on any atom is 0.0770 e. The predicted octanol–water partition coefficient (Wildman–Crippen LogP) is 2.37. The molecule has 0 aliphatic heterocycles. The van der Waals surface area contributed by atoms with Crippen molar-refractivity contribution in [3.8, 4) is 6.07 Å². The number of nitriles is 1. The van der Waals surface area contributed by atoms with Gasteiger partial charge < -0.3 is 10.2 Å². The molecular formula is C12H23NO2. The maximum atomic E-state index is 9.08. The third kappa shape index (κ3) is 11.3. The van der Waals surface area contributed by atoms with Crippen LogP contribution in [-0.4, -0.2) is 22.9 Å². The molecule has 0 heterocycles. The van der Waals surface area contributed by atoms with Gasteiger partial charge in [-0.05, 0) is 12.8 Å². The number of nitrogens with zero attached hydrogens (tertiary/aromatic N) is 1. The Hall–Kier alpha value is -0.590. The Morgan fingerprint density at radius 2 is 1.47 bits per heavy atom. The van der Waals surface area contributed by atoms with E-state index in [1.165, 1.54) is 19.3 Å². The van der Waals surface area contributed by atoms with E-state index in [0.717, 1.165) is 25.7 Å². The van der Waals surface area contributed by atoms with Crippen LogP contribution in [0.4, 0.5) is 0 Å². The molecule has 1 unspecified atom stereocenters. The molecule has 0 aromatic rings. The molecule has 0 saturated carbocycles. The van der Waals surface area contributed by atoms with Crippen LogP contribution in [0, 0.1) is 11.3 Å². The Balaban J connectivity index is 2.96. The van der Waals surface area contributed by atoms with Crippen molar-refractivity contribution >= 4 is 0 Å². The molecule has 1 atom stereocenters. The summed E-state index contributed by atoms with van der Waals surface area (Å²) in [5.74, 6) is 0. The molecule has 15 heavy (non-hydrogen) atoms. The molecule has 0 amide bonds. The molecular weight excluding hydrogens is 190 g/mol. The highest BCUT2D eigenvalue weighted by molar-refractivity contribution is 4.67. The highest BCUT2D eigenvalue weighted by Gasteiger charge is 2.00. The van der Waals surface area contributed by atoms with Crippen molar-refractivity contribution in [3.05, 3.63) is 0 Å². The first-order valence-electron chi connectivity index (χ1n) is 5.97. The minimum Gasteiger partial charge on any atom is -0.394 e. The lowest BCUT2D eigenvalue weighted by Gasteiger charge is -2.05. The average molecular weight is 213 g/mol. The van der Waals surface area contributed by atoms with Crippen LogP contribution >= 0.6 is 0 Å². The molecule has 0 fully saturated rings. The number of unbranched alkanes of at least 4 members (excludes halogenated alkanes) is 7. The van der Waals surface area contributed by atoms with Crippen LogP contribution in [0.15, 0.2) is 0 Å². The fourth-order valence-electron chi connectivity index (χ4n) is 1.56. The van der Waals surface area contributed by atoms with Crippen molar-refractivity contribution in [2.45, 2.75) is 63.9 Å². The highest BCUT2D eigenvalue weighted by atomic mass is 16.3. The van der Waals surface area contributed by atoms with Crippen LogP contribution in [0.3, 0.4) is 0 Å². The number of aliphatic hydroxyl groups excluding tert-OH is 2. The Bertz CT molecular complexity index is 165. The molecule has 0 aliphatic carbocycles. The van der Waals surface area contributed by atoms with Crippen molar-refractivity contribution in [2.24, 2.45) is 0 Å². The Labute approximate surface area is 92.7 Å². The lowest BCUT2D eigenvalue weighted by atomic mass is 10.1. The van der Waals surface area contributed by atoms with Crippen LogP contribution in [-0.2, 0) is 0 Å². The second kappa shape index (κ2) is 11.5. The third-order valence-corrected chi connectivity index (χ3v) is 2.54. The maximum absolute atomic E-state index is 9.08. The minimum absolute atomic E-state index is 0.117. The van der Waals surface area contributed by atoms with Crippen molar-refractivity contribution in [3.63, 3.8) is 0 Å². The van der Waals surface area contributed by atoms with Gasteiger partial charge >= 0.3 is 0 Å². The topological polar surface area (TPSA) is 64.2 Å². The Morgan fingerprint density at radius 1 is 0.933 bits per heavy atom. The molecule has 0 radical (unpaired) electrons. The van der Waals surface area contributed by atoms with Crippen LogP contribution < -0.4 is 0 Å². The van der Waals surface area contributed by atoms with Gasteiger partial charge in [0.05, 0.1) is 18.8 Å². The Morgan fingerprint density at radius 3 is 2.00 bits per heavy atom. The van der Waals surface area contributed by atoms with E-state index < -0.39 is 6.10 Å². The van der Waals surface area contributed by atoms with Crippen LogP contribution in [0.1, 0.15) is 57.8 Å². The monoisotopic (exact) mass is 213 g/mol. The minimum atomic E-state index is -0.527. The van der Waals surface area contributed by atoms with Gasteiger partial charge in [-0.1, -0.05) is 38.5 Å². The molecule has 2 N–H and O–H groups in total. The van der Waals surface area contributed by atoms with Crippen LogP contribution in [0.25, 0.3) is 0 Å².